The van der Waals surface area contributed by atoms with Crippen molar-refractivity contribution < 1.29 is 0 Å². The number of rotatable bonds is 3. The number of nitrogens with zero attached hydrogens (tertiary/aromatic N) is 1. The molecule has 0 aromatic rings. The minimum Gasteiger partial charge on any atom is -0.313 e. The van der Waals surface area contributed by atoms with Gasteiger partial charge in [-0.1, -0.05) is 24.5 Å². The summed E-state index contributed by atoms with van der Waals surface area (Å²) < 4.78 is 0. The summed E-state index contributed by atoms with van der Waals surface area (Å²) in [6.45, 7) is 0. The molecular weight excluding hydrogens is 244 g/mol. The first-order valence-electron chi connectivity index (χ1n) is 8.87. The first kappa shape index (κ1) is 14.6. The molecule has 114 valence electrons. The van der Waals surface area contributed by atoms with E-state index in [2.05, 4.69) is 30.4 Å². The van der Waals surface area contributed by atoms with Crippen molar-refractivity contribution in [1.29, 1.82) is 0 Å². The molecule has 0 spiro atoms. The molecule has 0 amide bonds. The van der Waals surface area contributed by atoms with E-state index in [0.29, 0.717) is 6.04 Å². The van der Waals surface area contributed by atoms with E-state index in [-0.39, 0.29) is 0 Å². The fraction of sp³-hybridized carbons (Fsp3) is 0.889. The normalized spacial score (nSPS) is 37.1. The highest BCUT2D eigenvalue weighted by atomic mass is 15.2. The minimum absolute atomic E-state index is 0.657. The second kappa shape index (κ2) is 6.62. The Morgan fingerprint density at radius 1 is 1.10 bits per heavy atom. The molecule has 2 heteroatoms. The number of hydrogen-bond donors (Lipinski definition) is 1. The van der Waals surface area contributed by atoms with Crippen LogP contribution >= 0.6 is 0 Å². The molecule has 3 rings (SSSR count). The topological polar surface area (TPSA) is 15.3 Å². The molecule has 2 bridgehead atoms. The summed E-state index contributed by atoms with van der Waals surface area (Å²) in [6, 6.07) is 2.39. The zero-order valence-corrected chi connectivity index (χ0v) is 13.4. The standard InChI is InChI=1S/C18H32N2/c1-19-18(14-8-6-4-3-5-7-9-14)15-12-16-10-11-17(13-15)20(16)2/h8,15-19H,3-7,9-13H2,1-2H3. The Balaban J connectivity index is 1.69. The maximum atomic E-state index is 3.69. The van der Waals surface area contributed by atoms with Gasteiger partial charge in [-0.2, -0.15) is 0 Å². The van der Waals surface area contributed by atoms with Gasteiger partial charge >= 0.3 is 0 Å². The summed E-state index contributed by atoms with van der Waals surface area (Å²) in [7, 11) is 4.53. The van der Waals surface area contributed by atoms with Crippen LogP contribution in [0.4, 0.5) is 0 Å². The van der Waals surface area contributed by atoms with Crippen molar-refractivity contribution >= 4 is 0 Å². The lowest BCUT2D eigenvalue weighted by Crippen LogP contribution is -2.47. The van der Waals surface area contributed by atoms with Crippen LogP contribution in [0.2, 0.25) is 0 Å². The van der Waals surface area contributed by atoms with Gasteiger partial charge in [0.2, 0.25) is 0 Å². The maximum absolute atomic E-state index is 3.69. The Hall–Kier alpha value is -0.340. The van der Waals surface area contributed by atoms with Crippen LogP contribution in [0.5, 0.6) is 0 Å². The molecule has 2 saturated heterocycles. The Morgan fingerprint density at radius 3 is 2.50 bits per heavy atom. The predicted molar refractivity (Wildman–Crippen MR) is 85.9 cm³/mol. The maximum Gasteiger partial charge on any atom is 0.0306 e. The van der Waals surface area contributed by atoms with E-state index in [9.17, 15) is 0 Å². The average Bonchev–Trinajstić information content (AvgIpc) is 2.63. The molecule has 1 N–H and O–H groups in total. The monoisotopic (exact) mass is 276 g/mol. The Kier molecular flexibility index (Phi) is 4.83. The van der Waals surface area contributed by atoms with Gasteiger partial charge in [0.15, 0.2) is 0 Å². The third-order valence-corrected chi connectivity index (χ3v) is 6.14. The Bertz CT molecular complexity index is 335. The summed E-state index contributed by atoms with van der Waals surface area (Å²) >= 11 is 0. The van der Waals surface area contributed by atoms with Crippen LogP contribution in [0.25, 0.3) is 0 Å². The zero-order chi connectivity index (χ0) is 13.9. The van der Waals surface area contributed by atoms with Crippen molar-refractivity contribution in [2.45, 2.75) is 82.3 Å². The van der Waals surface area contributed by atoms with Crippen LogP contribution in [-0.2, 0) is 0 Å². The summed E-state index contributed by atoms with van der Waals surface area (Å²) in [6.07, 6.45) is 16.6. The third-order valence-electron chi connectivity index (χ3n) is 6.14. The number of allylic oxidation sites excluding steroid dienone is 1. The van der Waals surface area contributed by atoms with Gasteiger partial charge in [-0.15, -0.1) is 0 Å². The van der Waals surface area contributed by atoms with Gasteiger partial charge in [0.05, 0.1) is 0 Å². The van der Waals surface area contributed by atoms with Crippen molar-refractivity contribution in [1.82, 2.24) is 10.2 Å². The van der Waals surface area contributed by atoms with Crippen molar-refractivity contribution in [2.75, 3.05) is 14.1 Å². The van der Waals surface area contributed by atoms with E-state index in [1.807, 2.05) is 0 Å². The van der Waals surface area contributed by atoms with Crippen LogP contribution in [0, 0.1) is 5.92 Å². The summed E-state index contributed by atoms with van der Waals surface area (Å²) in [4.78, 5) is 2.66. The highest BCUT2D eigenvalue weighted by molar-refractivity contribution is 5.15. The third kappa shape index (κ3) is 2.96. The van der Waals surface area contributed by atoms with Gasteiger partial charge in [-0.3, -0.25) is 0 Å². The van der Waals surface area contributed by atoms with Gasteiger partial charge in [0, 0.05) is 18.1 Å². The molecule has 20 heavy (non-hydrogen) atoms. The predicted octanol–water partition coefficient (Wildman–Crippen LogP) is 3.73. The molecule has 2 fully saturated rings. The molecule has 2 heterocycles. The molecule has 0 aromatic heterocycles. The highest BCUT2D eigenvalue weighted by Gasteiger charge is 2.41. The molecule has 1 aliphatic carbocycles. The number of nitrogens with one attached hydrogen (secondary N) is 1. The molecule has 0 radical (unpaired) electrons. The van der Waals surface area contributed by atoms with E-state index < -0.39 is 0 Å². The van der Waals surface area contributed by atoms with E-state index in [0.717, 1.165) is 18.0 Å². The first-order chi connectivity index (χ1) is 9.79. The van der Waals surface area contributed by atoms with Crippen LogP contribution in [0.1, 0.15) is 64.2 Å². The first-order valence-corrected chi connectivity index (χ1v) is 8.87. The van der Waals surface area contributed by atoms with Gasteiger partial charge in [0.1, 0.15) is 0 Å². The van der Waals surface area contributed by atoms with Crippen LogP contribution < -0.4 is 5.32 Å². The lowest BCUT2D eigenvalue weighted by atomic mass is 9.80. The summed E-state index contributed by atoms with van der Waals surface area (Å²) in [5, 5.41) is 3.69. The largest absolute Gasteiger partial charge is 0.313 e. The quantitative estimate of drug-likeness (QED) is 0.790. The molecular formula is C18H32N2. The van der Waals surface area contributed by atoms with Gasteiger partial charge in [0.25, 0.3) is 0 Å². The SMILES string of the molecule is CNC(C1=CCCCCCC1)C1CC2CCC(C1)N2C. The van der Waals surface area contributed by atoms with E-state index in [1.54, 1.807) is 5.57 Å². The fourth-order valence-corrected chi connectivity index (χ4v) is 4.95. The lowest BCUT2D eigenvalue weighted by Gasteiger charge is -2.40. The van der Waals surface area contributed by atoms with E-state index in [4.69, 9.17) is 0 Å². The molecule has 0 saturated carbocycles. The van der Waals surface area contributed by atoms with E-state index >= 15 is 0 Å². The molecule has 2 aliphatic heterocycles. The number of likely N-dealkylation sites (N-methyl/N-ethyl adjacent to an activating group) is 1. The molecule has 3 aliphatic rings. The van der Waals surface area contributed by atoms with Crippen molar-refractivity contribution in [3.8, 4) is 0 Å². The van der Waals surface area contributed by atoms with Crippen LogP contribution in [0.15, 0.2) is 11.6 Å². The smallest absolute Gasteiger partial charge is 0.0306 e. The lowest BCUT2D eigenvalue weighted by molar-refractivity contribution is 0.120. The number of piperidine rings is 1. The van der Waals surface area contributed by atoms with Gasteiger partial charge in [-0.05, 0) is 71.4 Å². The van der Waals surface area contributed by atoms with Gasteiger partial charge < -0.3 is 10.2 Å². The second-order valence-electron chi connectivity index (χ2n) is 7.28. The van der Waals surface area contributed by atoms with Crippen molar-refractivity contribution in [3.63, 3.8) is 0 Å². The fourth-order valence-electron chi connectivity index (χ4n) is 4.95. The van der Waals surface area contributed by atoms with E-state index in [1.165, 1.54) is 64.2 Å². The minimum atomic E-state index is 0.657. The molecule has 2 nitrogen and oxygen atoms in total. The number of fused-ring (bicyclic) bond motifs is 2. The second-order valence-corrected chi connectivity index (χ2v) is 7.28. The highest BCUT2D eigenvalue weighted by Crippen LogP contribution is 2.40. The Morgan fingerprint density at radius 2 is 1.80 bits per heavy atom. The van der Waals surface area contributed by atoms with Crippen LogP contribution in [0.3, 0.4) is 0 Å². The summed E-state index contributed by atoms with van der Waals surface area (Å²) in [5.74, 6) is 0.874. The van der Waals surface area contributed by atoms with Crippen molar-refractivity contribution in [3.05, 3.63) is 11.6 Å². The van der Waals surface area contributed by atoms with Crippen LogP contribution in [-0.4, -0.2) is 37.1 Å². The van der Waals surface area contributed by atoms with Gasteiger partial charge in [-0.25, -0.2) is 0 Å². The van der Waals surface area contributed by atoms with Crippen molar-refractivity contribution in [2.24, 2.45) is 5.92 Å². The number of hydrogen-bond acceptors (Lipinski definition) is 2. The molecule has 0 aromatic carbocycles. The Labute approximate surface area is 125 Å². The molecule has 3 atom stereocenters. The molecule has 3 unspecified atom stereocenters. The zero-order valence-electron chi connectivity index (χ0n) is 13.4. The average molecular weight is 276 g/mol. The summed E-state index contributed by atoms with van der Waals surface area (Å²) in [5.41, 5.74) is 1.74.